The maximum Gasteiger partial charge on any atom is 0.256 e. The van der Waals surface area contributed by atoms with Gasteiger partial charge in [0.2, 0.25) is 5.91 Å². The molecule has 0 bridgehead atoms. The monoisotopic (exact) mass is 443 g/mol. The Labute approximate surface area is 182 Å². The van der Waals surface area contributed by atoms with Crippen molar-refractivity contribution < 1.29 is 19.1 Å². The van der Waals surface area contributed by atoms with Gasteiger partial charge in [0.25, 0.3) is 5.91 Å². The van der Waals surface area contributed by atoms with Gasteiger partial charge in [-0.2, -0.15) is 0 Å². The molecule has 1 aromatic heterocycles. The predicted molar refractivity (Wildman–Crippen MR) is 120 cm³/mol. The molecule has 2 N–H and O–H groups in total. The number of thioether (sulfide) groups is 1. The first-order valence-corrected chi connectivity index (χ1v) is 10.8. The van der Waals surface area contributed by atoms with Crippen LogP contribution in [0.5, 0.6) is 11.5 Å². The summed E-state index contributed by atoms with van der Waals surface area (Å²) >= 11 is 2.65. The van der Waals surface area contributed by atoms with Gasteiger partial charge in [0.1, 0.15) is 22.2 Å². The van der Waals surface area contributed by atoms with Crippen molar-refractivity contribution in [2.45, 2.75) is 4.34 Å². The Balaban J connectivity index is 1.91. The molecule has 3 rings (SSSR count). The lowest BCUT2D eigenvalue weighted by molar-refractivity contribution is -0.118. The maximum atomic E-state index is 12.9. The smallest absolute Gasteiger partial charge is 0.256 e. The fourth-order valence-corrected chi connectivity index (χ4v) is 4.48. The van der Waals surface area contributed by atoms with E-state index in [0.29, 0.717) is 32.1 Å². The highest BCUT2D eigenvalue weighted by Crippen LogP contribution is 2.38. The number of nitrogens with one attached hydrogen (secondary N) is 2. The van der Waals surface area contributed by atoms with Gasteiger partial charge in [-0.05, 0) is 12.1 Å². The first-order chi connectivity index (χ1) is 14.5. The van der Waals surface area contributed by atoms with Crippen LogP contribution in [0.1, 0.15) is 10.4 Å². The summed E-state index contributed by atoms with van der Waals surface area (Å²) in [5, 5.41) is 6.13. The molecule has 9 heteroatoms. The number of hydrogen-bond donors (Lipinski definition) is 2. The van der Waals surface area contributed by atoms with Crippen LogP contribution in [0.2, 0.25) is 0 Å². The number of carbonyl (C=O) groups excluding carboxylic acids is 2. The molecule has 30 heavy (non-hydrogen) atoms. The number of methoxy groups -OCH3 is 2. The number of amides is 2. The topological polar surface area (TPSA) is 89.6 Å². The second kappa shape index (κ2) is 10.1. The molecule has 2 amide bonds. The molecule has 0 saturated heterocycles. The zero-order valence-corrected chi connectivity index (χ0v) is 18.4. The van der Waals surface area contributed by atoms with Crippen LogP contribution in [0.3, 0.4) is 0 Å². The number of ether oxygens (including phenoxy) is 2. The Morgan fingerprint density at radius 3 is 2.33 bits per heavy atom. The number of benzene rings is 2. The van der Waals surface area contributed by atoms with Crippen LogP contribution in [-0.2, 0) is 4.79 Å². The molecule has 0 unspecified atom stereocenters. The van der Waals surface area contributed by atoms with Gasteiger partial charge in [-0.1, -0.05) is 53.4 Å². The van der Waals surface area contributed by atoms with E-state index in [0.717, 1.165) is 5.56 Å². The summed E-state index contributed by atoms with van der Waals surface area (Å²) in [5.41, 5.74) is 1.93. The van der Waals surface area contributed by atoms with Crippen molar-refractivity contribution in [3.8, 4) is 22.8 Å². The molecule has 0 aliphatic rings. The third-order valence-electron chi connectivity index (χ3n) is 4.10. The number of carbonyl (C=O) groups is 2. The Hall–Kier alpha value is -3.04. The fourth-order valence-electron chi connectivity index (χ4n) is 2.55. The van der Waals surface area contributed by atoms with Crippen LogP contribution in [0, 0.1) is 0 Å². The van der Waals surface area contributed by atoms with Crippen molar-refractivity contribution in [1.82, 2.24) is 10.3 Å². The van der Waals surface area contributed by atoms with Gasteiger partial charge in [0.15, 0.2) is 4.34 Å². The summed E-state index contributed by atoms with van der Waals surface area (Å²) in [4.78, 5) is 29.2. The molecule has 0 aliphatic heterocycles. The van der Waals surface area contributed by atoms with E-state index in [1.54, 1.807) is 25.2 Å². The van der Waals surface area contributed by atoms with Crippen LogP contribution < -0.4 is 20.1 Å². The lowest BCUT2D eigenvalue weighted by Gasteiger charge is -2.09. The van der Waals surface area contributed by atoms with E-state index in [9.17, 15) is 9.59 Å². The number of aromatic nitrogens is 1. The molecule has 0 fully saturated rings. The molecule has 2 aromatic carbocycles. The maximum absolute atomic E-state index is 12.9. The van der Waals surface area contributed by atoms with Crippen LogP contribution >= 0.6 is 23.1 Å². The van der Waals surface area contributed by atoms with E-state index in [1.165, 1.54) is 37.3 Å². The molecular formula is C21H21N3O4S2. The van der Waals surface area contributed by atoms with Crippen molar-refractivity contribution in [1.29, 1.82) is 0 Å². The number of anilines is 1. The largest absolute Gasteiger partial charge is 0.497 e. The molecular weight excluding hydrogens is 422 g/mol. The third-order valence-corrected chi connectivity index (χ3v) is 6.21. The van der Waals surface area contributed by atoms with Crippen LogP contribution in [0.15, 0.2) is 52.9 Å². The SMILES string of the molecule is CNC(=O)CSc1nc(-c2ccccc2)c(NC(=O)c2cc(OC)cc(OC)c2)s1. The summed E-state index contributed by atoms with van der Waals surface area (Å²) in [6, 6.07) is 14.6. The summed E-state index contributed by atoms with van der Waals surface area (Å²) in [7, 11) is 4.65. The number of nitrogens with zero attached hydrogens (tertiary/aromatic N) is 1. The third kappa shape index (κ3) is 5.31. The minimum Gasteiger partial charge on any atom is -0.497 e. The van der Waals surface area contributed by atoms with Gasteiger partial charge in [0, 0.05) is 24.2 Å². The van der Waals surface area contributed by atoms with Gasteiger partial charge < -0.3 is 20.1 Å². The van der Waals surface area contributed by atoms with Crippen LogP contribution in [-0.4, -0.2) is 43.8 Å². The van der Waals surface area contributed by atoms with Gasteiger partial charge in [0.05, 0.1) is 20.0 Å². The number of rotatable bonds is 8. The molecule has 1 heterocycles. The molecule has 0 aliphatic carbocycles. The summed E-state index contributed by atoms with van der Waals surface area (Å²) in [6.45, 7) is 0. The van der Waals surface area contributed by atoms with Crippen LogP contribution in [0.25, 0.3) is 11.3 Å². The highest BCUT2D eigenvalue weighted by molar-refractivity contribution is 8.01. The second-order valence-corrected chi connectivity index (χ2v) is 8.26. The molecule has 0 saturated carbocycles. The average molecular weight is 444 g/mol. The minimum absolute atomic E-state index is 0.0921. The van der Waals surface area contributed by atoms with Gasteiger partial charge in [-0.3, -0.25) is 9.59 Å². The molecule has 0 radical (unpaired) electrons. The van der Waals surface area contributed by atoms with Crippen molar-refractivity contribution in [3.63, 3.8) is 0 Å². The first-order valence-electron chi connectivity index (χ1n) is 8.98. The van der Waals surface area contributed by atoms with E-state index in [1.807, 2.05) is 30.3 Å². The fraction of sp³-hybridized carbons (Fsp3) is 0.190. The van der Waals surface area contributed by atoms with Gasteiger partial charge in [-0.25, -0.2) is 4.98 Å². The molecule has 156 valence electrons. The van der Waals surface area contributed by atoms with E-state index in [4.69, 9.17) is 9.47 Å². The van der Waals surface area contributed by atoms with Gasteiger partial charge >= 0.3 is 0 Å². The Morgan fingerprint density at radius 1 is 1.07 bits per heavy atom. The van der Waals surface area contributed by atoms with Crippen molar-refractivity contribution in [2.24, 2.45) is 0 Å². The van der Waals surface area contributed by atoms with E-state index in [-0.39, 0.29) is 17.6 Å². The van der Waals surface area contributed by atoms with E-state index >= 15 is 0 Å². The number of thiazole rings is 1. The van der Waals surface area contributed by atoms with Crippen molar-refractivity contribution in [2.75, 3.05) is 32.3 Å². The highest BCUT2D eigenvalue weighted by Gasteiger charge is 2.18. The summed E-state index contributed by atoms with van der Waals surface area (Å²) < 4.78 is 11.2. The standard InChI is InChI=1S/C21H21N3O4S2/c1-22-17(25)12-29-21-23-18(13-7-5-4-6-8-13)20(30-21)24-19(26)14-9-15(27-2)11-16(10-14)28-3/h4-11H,12H2,1-3H3,(H,22,25)(H,24,26). The lowest BCUT2D eigenvalue weighted by Crippen LogP contribution is -2.19. The van der Waals surface area contributed by atoms with Crippen molar-refractivity contribution >= 4 is 39.9 Å². The van der Waals surface area contributed by atoms with Crippen molar-refractivity contribution in [3.05, 3.63) is 54.1 Å². The quantitative estimate of drug-likeness (QED) is 0.513. The normalized spacial score (nSPS) is 10.4. The van der Waals surface area contributed by atoms with Gasteiger partial charge in [-0.15, -0.1) is 0 Å². The molecule has 0 spiro atoms. The van der Waals surface area contributed by atoms with E-state index in [2.05, 4.69) is 15.6 Å². The zero-order valence-electron chi connectivity index (χ0n) is 16.7. The Kier molecular flexibility index (Phi) is 7.31. The lowest BCUT2D eigenvalue weighted by atomic mass is 10.1. The Bertz CT molecular complexity index is 1020. The summed E-state index contributed by atoms with van der Waals surface area (Å²) in [5.74, 6) is 0.892. The highest BCUT2D eigenvalue weighted by atomic mass is 32.2. The second-order valence-electron chi connectivity index (χ2n) is 6.04. The minimum atomic E-state index is -0.309. The number of hydrogen-bond acceptors (Lipinski definition) is 7. The predicted octanol–water partition coefficient (Wildman–Crippen LogP) is 3.92. The first kappa shape index (κ1) is 21.7. The molecule has 3 aromatic rings. The average Bonchev–Trinajstić information content (AvgIpc) is 3.20. The zero-order chi connectivity index (χ0) is 21.5. The van der Waals surface area contributed by atoms with E-state index < -0.39 is 0 Å². The molecule has 0 atom stereocenters. The summed E-state index contributed by atoms with van der Waals surface area (Å²) in [6.07, 6.45) is 0. The van der Waals surface area contributed by atoms with Crippen LogP contribution in [0.4, 0.5) is 5.00 Å². The Morgan fingerprint density at radius 2 is 1.73 bits per heavy atom. The molecule has 7 nitrogen and oxygen atoms in total.